The fraction of sp³-hybridized carbons (Fsp3) is 0.696. The molecule has 5 rings (SSSR count). The minimum Gasteiger partial charge on any atom is -0.446 e. The third-order valence-corrected chi connectivity index (χ3v) is 15.5. The first-order valence-electron chi connectivity index (χ1n) is 22.7. The van der Waals surface area contributed by atoms with E-state index < -0.39 is 99.0 Å². The molecule has 3 saturated heterocycles. The van der Waals surface area contributed by atoms with E-state index in [2.05, 4.69) is 25.4 Å². The lowest BCUT2D eigenvalue weighted by molar-refractivity contribution is -0.296. The summed E-state index contributed by atoms with van der Waals surface area (Å²) < 4.78 is 41.0. The number of aliphatic hydroxyl groups excluding tert-OH is 1. The summed E-state index contributed by atoms with van der Waals surface area (Å²) in [6, 6.07) is 2.46. The van der Waals surface area contributed by atoms with Gasteiger partial charge in [0, 0.05) is 47.2 Å². The van der Waals surface area contributed by atoms with Crippen molar-refractivity contribution in [2.75, 3.05) is 26.0 Å². The fourth-order valence-electron chi connectivity index (χ4n) is 9.10. The highest BCUT2D eigenvalue weighted by Crippen LogP contribution is 2.44. The summed E-state index contributed by atoms with van der Waals surface area (Å²) in [6.07, 6.45) is -1.74. The zero-order valence-electron chi connectivity index (χ0n) is 40.2. The molecular weight excluding hydrogens is 1000 g/mol. The van der Waals surface area contributed by atoms with Crippen molar-refractivity contribution in [3.63, 3.8) is 0 Å². The van der Waals surface area contributed by atoms with Gasteiger partial charge in [-0.2, -0.15) is 0 Å². The number of pyridine rings is 1. The lowest BCUT2D eigenvalue weighted by Gasteiger charge is -2.47. The fourth-order valence-corrected chi connectivity index (χ4v) is 10.5. The molecule has 0 radical (unpaired) electrons. The number of nitrogens with one attached hydrogen (secondary N) is 1. The third-order valence-electron chi connectivity index (χ3n) is 13.1. The number of amides is 2. The van der Waals surface area contributed by atoms with Crippen molar-refractivity contribution < 1.29 is 57.6 Å². The Morgan fingerprint density at radius 3 is 2.49 bits per heavy atom. The molecule has 2 aromatic rings. The maximum absolute atomic E-state index is 16.9. The second-order valence-corrected chi connectivity index (χ2v) is 20.9. The number of hydrogen-bond donors (Lipinski definition) is 4. The van der Waals surface area contributed by atoms with Crippen LogP contribution in [-0.2, 0) is 49.6 Å². The average molecular weight is 1070 g/mol. The Kier molecular flexibility index (Phi) is 18.4. The first-order chi connectivity index (χ1) is 31.3. The summed E-state index contributed by atoms with van der Waals surface area (Å²) in [5.41, 5.74) is 1.09. The van der Waals surface area contributed by atoms with E-state index in [0.717, 1.165) is 6.92 Å². The number of aromatic nitrogens is 2. The molecule has 5 heterocycles. The second kappa shape index (κ2) is 22.6. The van der Waals surface area contributed by atoms with E-state index in [1.54, 1.807) is 61.0 Å². The smallest absolute Gasteiger partial charge is 0.352 e. The van der Waals surface area contributed by atoms with Crippen LogP contribution in [-0.4, -0.2) is 138 Å². The lowest BCUT2D eigenvalue weighted by Crippen LogP contribution is -2.61. The zero-order chi connectivity index (χ0) is 49.8. The number of rotatable bonds is 10. The number of ketones is 1. The van der Waals surface area contributed by atoms with Gasteiger partial charge in [0.05, 0.1) is 41.9 Å². The number of aliphatic hydroxyl groups is 2. The van der Waals surface area contributed by atoms with Gasteiger partial charge >= 0.3 is 5.97 Å². The molecule has 3 fully saturated rings. The van der Waals surface area contributed by atoms with Crippen LogP contribution in [0.3, 0.4) is 0 Å². The number of alkyl halides is 2. The number of Topliss-reactive ketones (excluding diaryl/α,β-unsaturated/α-hetero) is 1. The van der Waals surface area contributed by atoms with Gasteiger partial charge in [0.1, 0.15) is 22.5 Å². The topological polar surface area (TPSA) is 247 Å². The van der Waals surface area contributed by atoms with Crippen molar-refractivity contribution in [3.8, 4) is 10.6 Å². The van der Waals surface area contributed by atoms with Crippen molar-refractivity contribution in [1.82, 2.24) is 14.9 Å². The van der Waals surface area contributed by atoms with E-state index in [0.29, 0.717) is 39.9 Å². The summed E-state index contributed by atoms with van der Waals surface area (Å²) in [4.78, 5) is 74.9. The molecule has 14 atom stereocenters. The van der Waals surface area contributed by atoms with Crippen LogP contribution >= 0.6 is 33.9 Å². The Labute approximate surface area is 409 Å². The number of cyclic esters (lactones) is 1. The maximum atomic E-state index is 16.9. The summed E-state index contributed by atoms with van der Waals surface area (Å²) in [7, 11) is 3.63. The van der Waals surface area contributed by atoms with Crippen LogP contribution in [0, 0.1) is 23.7 Å². The van der Waals surface area contributed by atoms with E-state index in [1.807, 2.05) is 45.8 Å². The molecule has 2 amide bonds. The summed E-state index contributed by atoms with van der Waals surface area (Å²) in [5, 5.41) is 33.7. The van der Waals surface area contributed by atoms with Gasteiger partial charge in [0.2, 0.25) is 11.8 Å². The number of thiazole rings is 1. The molecule has 0 saturated carbocycles. The van der Waals surface area contributed by atoms with Gasteiger partial charge in [-0.15, -0.1) is 11.3 Å². The van der Waals surface area contributed by atoms with Crippen molar-refractivity contribution in [2.45, 2.75) is 159 Å². The number of halogens is 2. The molecule has 1 unspecified atom stereocenters. The minimum atomic E-state index is -3.21. The number of likely N-dealkylation sites (N-methyl/N-ethyl adjacent to an activating group) is 1. The highest BCUT2D eigenvalue weighted by molar-refractivity contribution is 14.1. The van der Waals surface area contributed by atoms with Crippen molar-refractivity contribution in [2.24, 2.45) is 39.6 Å². The van der Waals surface area contributed by atoms with Crippen LogP contribution in [0.5, 0.6) is 0 Å². The maximum Gasteiger partial charge on any atom is 0.352 e. The third kappa shape index (κ3) is 12.9. The highest BCUT2D eigenvalue weighted by atomic mass is 127. The van der Waals surface area contributed by atoms with Crippen LogP contribution in [0.15, 0.2) is 33.9 Å². The molecule has 0 aromatic carbocycles. The largest absolute Gasteiger partial charge is 0.446 e. The minimum absolute atomic E-state index is 0.0322. The molecule has 3 aliphatic rings. The summed E-state index contributed by atoms with van der Waals surface area (Å²) in [5.74, 6) is -6.49. The van der Waals surface area contributed by atoms with E-state index >= 15 is 4.39 Å². The second-order valence-electron chi connectivity index (χ2n) is 18.9. The van der Waals surface area contributed by atoms with Crippen LogP contribution in [0.25, 0.3) is 10.6 Å². The number of nitrogens with zero attached hydrogens (tertiary/aromatic N) is 5. The van der Waals surface area contributed by atoms with E-state index in [1.165, 1.54) is 25.2 Å². The number of hydrogen-bond acceptors (Lipinski definition) is 17. The van der Waals surface area contributed by atoms with Gasteiger partial charge in [-0.25, -0.2) is 19.2 Å². The van der Waals surface area contributed by atoms with Gasteiger partial charge in [-0.1, -0.05) is 32.9 Å². The quantitative estimate of drug-likeness (QED) is 0.0765. The molecule has 18 nitrogen and oxygen atoms in total. The molecule has 2 aromatic heterocycles. The molecule has 67 heavy (non-hydrogen) atoms. The van der Waals surface area contributed by atoms with Crippen molar-refractivity contribution in [1.29, 1.82) is 0 Å². The molecule has 0 aliphatic carbocycles. The number of ether oxygens (including phenoxy) is 4. The molecule has 21 heteroatoms. The van der Waals surface area contributed by atoms with E-state index in [9.17, 15) is 29.4 Å². The molecule has 5 N–H and O–H groups in total. The van der Waals surface area contributed by atoms with Gasteiger partial charge in [-0.05, 0) is 121 Å². The highest BCUT2D eigenvalue weighted by Gasteiger charge is 2.56. The summed E-state index contributed by atoms with van der Waals surface area (Å²) in [6.45, 7) is 14.0. The number of carbonyl (C=O) groups excluding carboxylic acids is 4. The van der Waals surface area contributed by atoms with Gasteiger partial charge in [0.15, 0.2) is 22.8 Å². The van der Waals surface area contributed by atoms with E-state index in [-0.39, 0.29) is 44.8 Å². The van der Waals surface area contributed by atoms with Crippen LogP contribution in [0.2, 0.25) is 0 Å². The molecule has 3 aliphatic heterocycles. The number of carbonyl (C=O) groups is 4. The standard InChI is InChI=1S/C46H67FIN7O11S/c1-12-34(56)53-35-23(2)18-44(7)38(65-41-36(57)32(55(10)11)17-24(3)64-41)26(5)37(58)45(8,47)43(60)66-42(48)46(9,61)31(25(35)4)16-15-30(20-62-44)54-63-21-29-14-13-28(19-50-29)40-52-33(22-67-40)51-39(59)27(6)49/h13-14,19,22-27,31-32,36,38,41-42,57,61H,12,15-18,20-21,49H2,1-11H3,(H,51,59)/b53-35?,54-30+/t23-,24-,25-,26+,27+,31-,32+,36-,38-,41+,42+,44-,45+,46?/m1/s1. The van der Waals surface area contributed by atoms with E-state index in [4.69, 9.17) is 29.5 Å². The molecule has 2 bridgehead atoms. The van der Waals surface area contributed by atoms with Crippen molar-refractivity contribution in [3.05, 3.63) is 29.4 Å². The van der Waals surface area contributed by atoms with Crippen LogP contribution < -0.4 is 11.1 Å². The Balaban J connectivity index is 1.59. The predicted molar refractivity (Wildman–Crippen MR) is 258 cm³/mol. The number of esters is 1. The number of aliphatic imine (C=N–C) groups is 1. The molecule has 372 valence electrons. The number of oxime groups is 1. The predicted octanol–water partition coefficient (Wildman–Crippen LogP) is 5.40. The number of nitrogens with two attached hydrogens (primary N) is 1. The van der Waals surface area contributed by atoms with Gasteiger partial charge in [-0.3, -0.25) is 19.4 Å². The first-order valence-corrected chi connectivity index (χ1v) is 24.8. The number of fused-ring (bicyclic) bond motifs is 5. The van der Waals surface area contributed by atoms with Crippen LogP contribution in [0.1, 0.15) is 100 Å². The average Bonchev–Trinajstić information content (AvgIpc) is 3.73. The lowest BCUT2D eigenvalue weighted by atomic mass is 9.70. The summed E-state index contributed by atoms with van der Waals surface area (Å²) >= 11 is 3.06. The van der Waals surface area contributed by atoms with Gasteiger partial charge < -0.3 is 49.9 Å². The van der Waals surface area contributed by atoms with Crippen LogP contribution in [0.4, 0.5) is 10.2 Å². The first kappa shape index (κ1) is 54.5. The molecule has 0 spiro atoms. The Bertz CT molecular complexity index is 2140. The normalized spacial score (nSPS) is 36.4. The Morgan fingerprint density at radius 2 is 1.87 bits per heavy atom. The Morgan fingerprint density at radius 1 is 1.16 bits per heavy atom. The zero-order valence-corrected chi connectivity index (χ0v) is 43.1. The van der Waals surface area contributed by atoms with Crippen molar-refractivity contribution >= 4 is 74.7 Å². The SMILES string of the molecule is CCC(=O)N=C1[C@H](C)C[C@@]2(C)OC/C(=N/OCc3ccc(-c4nc(NC(=O)[C@H](C)N)cs4)cn3)CC[C@H]([C@H]1C)C(C)(O)[C@@H](I)OC(=O)[C@@](C)(F)C(=O)[C@H](C)[C@H]2O[C@@H]1O[C@H](C)C[C@H](N(C)C)[C@H]1O. The monoisotopic (exact) mass is 1070 g/mol. The Hall–Kier alpha value is -3.42. The molecular formula is C46H67FIN7O11S. The number of anilines is 1. The van der Waals surface area contributed by atoms with Gasteiger partial charge in [0.25, 0.3) is 5.67 Å².